The Labute approximate surface area is 648 Å². The number of carbonyl (C=O) groups is 8. The third-order valence-electron chi connectivity index (χ3n) is 14.7. The van der Waals surface area contributed by atoms with Crippen molar-refractivity contribution in [3.63, 3.8) is 0 Å². The number of allylic oxidation sites excluding steroid dienone is 7. The maximum absolute atomic E-state index is 12.5. The fourth-order valence-electron chi connectivity index (χ4n) is 9.59. The highest BCUT2D eigenvalue weighted by molar-refractivity contribution is 8.11. The molecule has 6 heterocycles. The molecule has 600 valence electrons. The molecule has 4 unspecified atom stereocenters. The lowest BCUT2D eigenvalue weighted by molar-refractivity contribution is -0.151. The highest BCUT2D eigenvalue weighted by atomic mass is 35.5. The Balaban J connectivity index is 0.000000275. The minimum Gasteiger partial charge on any atom is -0.498 e. The van der Waals surface area contributed by atoms with E-state index in [0.29, 0.717) is 68.8 Å². The number of pyridine rings is 1. The van der Waals surface area contributed by atoms with Gasteiger partial charge in [0.15, 0.2) is 29.2 Å². The Kier molecular flexibility index (Phi) is 37.7. The quantitative estimate of drug-likeness (QED) is 0.0186. The maximum Gasteiger partial charge on any atom is 0.534 e. The molecule has 46 heteroatoms. The molecule has 6 aromatic rings. The van der Waals surface area contributed by atoms with Gasteiger partial charge in [-0.3, -0.25) is 33.8 Å². The molecule has 0 bridgehead atoms. The average Bonchev–Trinajstić information content (AvgIpc) is 0.872. The van der Waals surface area contributed by atoms with Crippen LogP contribution in [0.2, 0.25) is 5.02 Å². The zero-order chi connectivity index (χ0) is 82.2. The fourth-order valence-corrected chi connectivity index (χ4v) is 16.1. The van der Waals surface area contributed by atoms with Crippen molar-refractivity contribution in [2.24, 2.45) is 11.8 Å². The first-order valence-electron chi connectivity index (χ1n) is 31.5. The molecule has 0 N–H and O–H groups in total. The maximum atomic E-state index is 12.5. The van der Waals surface area contributed by atoms with E-state index in [9.17, 15) is 103 Å². The smallest absolute Gasteiger partial charge is 0.498 e. The number of nitrogens with zero attached hydrogens (tertiary/aromatic N) is 8. The van der Waals surface area contributed by atoms with Crippen molar-refractivity contribution in [3.8, 4) is 6.07 Å². The SMILES string of the molecule is CCOC1=CC(=O)CCC1.COC(=O)C#N.COC(=O)C1=C(OS(=O)(=O)C(F)(F)F)CC(c2nccs2)CC1.COC(=O)C1CCC(c2nccs2)=CC1=O.COC(=O)C1CCC(c2nccs2)CC1=O.O=C1C=C(c2nccs2)CCC1.O=S(=O)(N(c1ccc(Cl)cn1)S(=O)(=O)C(F)(F)F)C(F)(F)F.c1cscn1. The monoisotopic (exact) mass is 1730 g/mol. The van der Waals surface area contributed by atoms with Crippen molar-refractivity contribution < 1.29 is 131 Å². The zero-order valence-corrected chi connectivity index (χ0v) is 65.3. The Morgan fingerprint density at radius 2 is 1.13 bits per heavy atom. The predicted molar refractivity (Wildman–Crippen MR) is 382 cm³/mol. The number of thiazole rings is 5. The minimum atomic E-state index is -6.93. The first-order valence-corrected chi connectivity index (χ1v) is 40.6. The van der Waals surface area contributed by atoms with Crippen molar-refractivity contribution in [3.05, 3.63) is 142 Å². The lowest BCUT2D eigenvalue weighted by Gasteiger charge is -2.24. The van der Waals surface area contributed by atoms with Crippen LogP contribution in [0.5, 0.6) is 0 Å². The van der Waals surface area contributed by atoms with E-state index in [1.807, 2.05) is 28.4 Å². The molecule has 110 heavy (non-hydrogen) atoms. The molecule has 1 fully saturated rings. The summed E-state index contributed by atoms with van der Waals surface area (Å²) in [5.41, 5.74) is -14.6. The van der Waals surface area contributed by atoms with Gasteiger partial charge >= 0.3 is 70.6 Å². The van der Waals surface area contributed by atoms with Crippen LogP contribution >= 0.6 is 68.3 Å². The largest absolute Gasteiger partial charge is 0.534 e. The molecule has 0 aromatic carbocycles. The molecule has 1 saturated carbocycles. The minimum absolute atomic E-state index is 0.0155. The van der Waals surface area contributed by atoms with E-state index < -0.39 is 97.7 Å². The average molecular weight is 1730 g/mol. The van der Waals surface area contributed by atoms with E-state index in [-0.39, 0.29) is 64.5 Å². The Morgan fingerprint density at radius 3 is 1.53 bits per heavy atom. The van der Waals surface area contributed by atoms with Crippen molar-refractivity contribution in [2.75, 3.05) is 38.8 Å². The van der Waals surface area contributed by atoms with Crippen LogP contribution in [0.25, 0.3) is 11.1 Å². The summed E-state index contributed by atoms with van der Waals surface area (Å²) in [4.78, 5) is 112. The normalized spacial score (nSPS) is 17.9. The summed E-state index contributed by atoms with van der Waals surface area (Å²) in [5.74, 6) is -4.99. The van der Waals surface area contributed by atoms with Gasteiger partial charge in [-0.15, -0.1) is 60.4 Å². The number of nitriles is 1. The number of ketones is 4. The van der Waals surface area contributed by atoms with Crippen molar-refractivity contribution in [2.45, 2.75) is 125 Å². The number of anilines is 1. The summed E-state index contributed by atoms with van der Waals surface area (Å²) in [6, 6.07) is 2.19. The van der Waals surface area contributed by atoms with Crippen molar-refractivity contribution in [1.82, 2.24) is 29.9 Å². The number of aromatic nitrogens is 6. The molecule has 0 aliphatic heterocycles. The predicted octanol–water partition coefficient (Wildman–Crippen LogP) is 13.2. The van der Waals surface area contributed by atoms with Crippen LogP contribution in [0.3, 0.4) is 0 Å². The second-order valence-corrected chi connectivity index (χ2v) is 32.2. The van der Waals surface area contributed by atoms with E-state index in [1.165, 1.54) is 55.2 Å². The molecular formula is C64H66ClF9N8O20S8. The summed E-state index contributed by atoms with van der Waals surface area (Å²) in [5, 5.41) is 20.2. The number of Topliss-reactive ketones (excluding diaryl/α,β-unsaturated/α-hetero) is 1. The first-order chi connectivity index (χ1) is 51.7. The Morgan fingerprint density at radius 1 is 0.591 bits per heavy atom. The van der Waals surface area contributed by atoms with Crippen LogP contribution in [0.1, 0.15) is 129 Å². The van der Waals surface area contributed by atoms with Crippen LogP contribution < -0.4 is 3.71 Å². The van der Waals surface area contributed by atoms with E-state index in [4.69, 9.17) is 21.6 Å². The van der Waals surface area contributed by atoms with Gasteiger partial charge in [0.25, 0.3) is 0 Å². The van der Waals surface area contributed by atoms with Gasteiger partial charge in [-0.1, -0.05) is 11.6 Å². The molecule has 0 radical (unpaired) electrons. The standard InChI is InChI=1S/C12H12F3NO5S2.C11H13NO3S.C11H11NO3S.C9H9NOS.C8H12O2.C7H3ClF6N2O4S2.C3H3NO2.C3H3NS/c1-20-11(17)8-3-2-7(10-16-4-5-22-10)6-9(8)21-23(18,19)12(13,14)15;2*1-15-11(14)8-3-2-7(6-9(8)13)10-12-4-5-16-10;11-8-3-1-2-7(6-8)9-10-4-5-12-9;1-2-10-8-5-3-4-7(9)6-8;8-4-1-2-5(15-3-4)16(21(17,18)6(9,10)11)22(19,20)7(12,13)14;1-6-3(5)2-4;1-2-5-3-4-1/h4-5,7H,2-3,6H2,1H3;4-5,7-8H,2-3,6H2,1H3;4-6,8H,2-3H2,1H3;4-6H,1-3H2;6H,2-5H2,1H3;1-3H;1H3;1-3H. The van der Waals surface area contributed by atoms with Crippen LogP contribution in [0.4, 0.5) is 45.3 Å². The molecule has 0 amide bonds. The van der Waals surface area contributed by atoms with Gasteiger partial charge in [0.2, 0.25) is 0 Å². The third-order valence-corrected chi connectivity index (χ3v) is 23.6. The molecule has 6 aromatic heterocycles. The topological polar surface area (TPSA) is 399 Å². The van der Waals surface area contributed by atoms with Crippen molar-refractivity contribution in [1.29, 1.82) is 5.26 Å². The summed E-state index contributed by atoms with van der Waals surface area (Å²) in [6.45, 7) is 2.60. The number of halogens is 10. The Hall–Kier alpha value is -8.78. The highest BCUT2D eigenvalue weighted by Gasteiger charge is 2.62. The second-order valence-electron chi connectivity index (χ2n) is 22.0. The Bertz CT molecular complexity index is 4500. The number of alkyl halides is 9. The van der Waals surface area contributed by atoms with Gasteiger partial charge in [-0.25, -0.2) is 34.5 Å². The van der Waals surface area contributed by atoms with Crippen LogP contribution in [-0.2, 0) is 96.4 Å². The number of methoxy groups -OCH3 is 4. The second kappa shape index (κ2) is 44.3. The molecule has 0 saturated heterocycles. The lowest BCUT2D eigenvalue weighted by Crippen LogP contribution is -2.49. The van der Waals surface area contributed by atoms with E-state index in [1.54, 1.807) is 81.8 Å². The molecule has 0 spiro atoms. The number of sulfonamides is 2. The number of rotatable bonds is 14. The number of esters is 4. The van der Waals surface area contributed by atoms with E-state index in [2.05, 4.69) is 53.0 Å². The molecule has 5 aliphatic carbocycles. The summed E-state index contributed by atoms with van der Waals surface area (Å²) in [6.07, 6.45) is 22.5. The molecule has 11 rings (SSSR count). The van der Waals surface area contributed by atoms with Gasteiger partial charge in [0.05, 0.1) is 66.9 Å². The van der Waals surface area contributed by atoms with E-state index >= 15 is 0 Å². The first kappa shape index (κ1) is 93.6. The van der Waals surface area contributed by atoms with E-state index in [0.717, 1.165) is 78.3 Å². The molecule has 5 aliphatic rings. The highest BCUT2D eigenvalue weighted by Crippen LogP contribution is 2.42. The summed E-state index contributed by atoms with van der Waals surface area (Å²) in [7, 11) is -14.9. The van der Waals surface area contributed by atoms with Gasteiger partial charge in [0.1, 0.15) is 33.4 Å². The zero-order valence-electron chi connectivity index (χ0n) is 58.0. The van der Waals surface area contributed by atoms with Gasteiger partial charge < -0.3 is 27.9 Å². The number of carbonyl (C=O) groups excluding carboxylic acids is 8. The molecular weight excluding hydrogens is 1660 g/mol. The molecule has 4 atom stereocenters. The van der Waals surface area contributed by atoms with Gasteiger partial charge in [-0.2, -0.15) is 70.0 Å². The van der Waals surface area contributed by atoms with Crippen LogP contribution in [0.15, 0.2) is 117 Å². The summed E-state index contributed by atoms with van der Waals surface area (Å²) >= 11 is 12.9. The van der Waals surface area contributed by atoms with Gasteiger partial charge in [-0.05, 0) is 100 Å². The number of ether oxygens (including phenoxy) is 5. The fraction of sp³-hybridized carbons (Fsp3) is 0.422. The molecule has 28 nitrogen and oxygen atoms in total. The number of hydrogen-bond donors (Lipinski definition) is 0. The lowest BCUT2D eigenvalue weighted by atomic mass is 9.81. The van der Waals surface area contributed by atoms with Crippen LogP contribution in [-0.4, -0.2) is 154 Å². The van der Waals surface area contributed by atoms with Gasteiger partial charge in [0, 0.05) is 114 Å². The number of hydrogen-bond acceptors (Lipinski definition) is 32. The van der Waals surface area contributed by atoms with Crippen molar-refractivity contribution >= 4 is 162 Å². The summed E-state index contributed by atoms with van der Waals surface area (Å²) < 4.78 is 205. The third kappa shape index (κ3) is 28.8. The van der Waals surface area contributed by atoms with Crippen LogP contribution in [0, 0.1) is 23.2 Å².